The first-order valence-corrected chi connectivity index (χ1v) is 5.70. The molecule has 0 radical (unpaired) electrons. The van der Waals surface area contributed by atoms with Gasteiger partial charge in [0.25, 0.3) is 0 Å². The molecule has 0 atom stereocenters. The van der Waals surface area contributed by atoms with E-state index in [9.17, 15) is 0 Å². The van der Waals surface area contributed by atoms with Crippen molar-refractivity contribution in [3.63, 3.8) is 0 Å². The fourth-order valence-electron chi connectivity index (χ4n) is 1.64. The number of thiophene rings is 1. The lowest BCUT2D eigenvalue weighted by atomic mass is 10.0. The zero-order chi connectivity index (χ0) is 7.97. The van der Waals surface area contributed by atoms with Crippen LogP contribution in [0.5, 0.6) is 0 Å². The molecular weight excluding hydrogens is 186 g/mol. The van der Waals surface area contributed by atoms with Crippen LogP contribution in [-0.2, 0) is 12.8 Å². The van der Waals surface area contributed by atoms with E-state index in [4.69, 9.17) is 0 Å². The monoisotopic (exact) mass is 193 g/mol. The first kappa shape index (κ1) is 6.80. The van der Waals surface area contributed by atoms with Crippen molar-refractivity contribution in [3.05, 3.63) is 26.7 Å². The zero-order valence-corrected chi connectivity index (χ0v) is 8.04. The minimum atomic E-state index is 1.19. The van der Waals surface area contributed by atoms with Crippen molar-refractivity contribution in [2.45, 2.75) is 12.8 Å². The molecule has 3 heteroatoms. The van der Waals surface area contributed by atoms with Gasteiger partial charge in [-0.1, -0.05) is 0 Å². The maximum absolute atomic E-state index is 4.40. The fourth-order valence-corrected chi connectivity index (χ4v) is 3.30. The topological polar surface area (TPSA) is 12.9 Å². The van der Waals surface area contributed by atoms with E-state index < -0.39 is 0 Å². The minimum Gasteiger partial charge on any atom is -0.244 e. The highest BCUT2D eigenvalue weighted by Crippen LogP contribution is 2.37. The lowest BCUT2D eigenvalue weighted by Crippen LogP contribution is -1.97. The van der Waals surface area contributed by atoms with Crippen molar-refractivity contribution in [3.8, 4) is 11.3 Å². The third-order valence-electron chi connectivity index (χ3n) is 2.22. The Morgan fingerprint density at radius 3 is 3.08 bits per heavy atom. The average molecular weight is 193 g/mol. The summed E-state index contributed by atoms with van der Waals surface area (Å²) < 4.78 is 0. The number of rotatable bonds is 0. The molecule has 0 N–H and O–H groups in total. The van der Waals surface area contributed by atoms with Crippen molar-refractivity contribution in [2.24, 2.45) is 0 Å². The first-order valence-electron chi connectivity index (χ1n) is 3.94. The predicted molar refractivity (Wildman–Crippen MR) is 52.8 cm³/mol. The molecule has 0 unspecified atom stereocenters. The van der Waals surface area contributed by atoms with Crippen molar-refractivity contribution in [2.75, 3.05) is 0 Å². The van der Waals surface area contributed by atoms with Gasteiger partial charge in [0, 0.05) is 15.3 Å². The Morgan fingerprint density at radius 1 is 1.17 bits per heavy atom. The van der Waals surface area contributed by atoms with E-state index in [0.717, 1.165) is 0 Å². The van der Waals surface area contributed by atoms with Gasteiger partial charge in [0.2, 0.25) is 0 Å². The summed E-state index contributed by atoms with van der Waals surface area (Å²) in [5, 5.41) is 2.17. The molecule has 2 aromatic heterocycles. The Kier molecular flexibility index (Phi) is 1.36. The Morgan fingerprint density at radius 2 is 2.08 bits per heavy atom. The third-order valence-corrected chi connectivity index (χ3v) is 4.09. The summed E-state index contributed by atoms with van der Waals surface area (Å²) in [6, 6.07) is 2.19. The van der Waals surface area contributed by atoms with Crippen molar-refractivity contribution < 1.29 is 0 Å². The van der Waals surface area contributed by atoms with Crippen LogP contribution >= 0.6 is 22.7 Å². The van der Waals surface area contributed by atoms with Gasteiger partial charge >= 0.3 is 0 Å². The Bertz CT molecular complexity index is 373. The van der Waals surface area contributed by atoms with E-state index in [2.05, 4.69) is 16.4 Å². The van der Waals surface area contributed by atoms with Crippen LogP contribution in [0.15, 0.2) is 17.0 Å². The van der Waals surface area contributed by atoms with Crippen LogP contribution in [0.1, 0.15) is 9.75 Å². The second-order valence-corrected chi connectivity index (χ2v) is 4.82. The second kappa shape index (κ2) is 2.41. The summed E-state index contributed by atoms with van der Waals surface area (Å²) in [6.45, 7) is 0. The number of thiazole rings is 1. The quantitative estimate of drug-likeness (QED) is 0.627. The van der Waals surface area contributed by atoms with E-state index in [1.807, 2.05) is 16.8 Å². The third kappa shape index (κ3) is 0.807. The Labute approximate surface area is 78.7 Å². The van der Waals surface area contributed by atoms with Crippen molar-refractivity contribution >= 4 is 22.7 Å². The van der Waals surface area contributed by atoms with Gasteiger partial charge in [-0.15, -0.1) is 22.7 Å². The highest BCUT2D eigenvalue weighted by Gasteiger charge is 2.18. The summed E-state index contributed by atoms with van der Waals surface area (Å²) in [4.78, 5) is 7.36. The molecule has 0 saturated heterocycles. The van der Waals surface area contributed by atoms with Gasteiger partial charge in [0.05, 0.1) is 11.2 Å². The zero-order valence-electron chi connectivity index (χ0n) is 6.41. The van der Waals surface area contributed by atoms with Gasteiger partial charge in [-0.2, -0.15) is 0 Å². The maximum Gasteiger partial charge on any atom is 0.0854 e. The molecular formula is C9H7NS2. The first-order chi connectivity index (χ1) is 5.95. The molecule has 12 heavy (non-hydrogen) atoms. The molecule has 0 aromatic carbocycles. The van der Waals surface area contributed by atoms with E-state index in [0.29, 0.717) is 0 Å². The van der Waals surface area contributed by atoms with Gasteiger partial charge in [-0.25, -0.2) is 4.98 Å². The lowest BCUT2D eigenvalue weighted by molar-refractivity contribution is 0.979. The molecule has 1 aliphatic rings. The normalized spacial score (nSPS) is 14.0. The van der Waals surface area contributed by atoms with E-state index in [-0.39, 0.29) is 0 Å². The summed E-state index contributed by atoms with van der Waals surface area (Å²) in [6.07, 6.45) is 2.40. The molecule has 1 nitrogen and oxygen atoms in total. The molecule has 0 amide bonds. The Hall–Kier alpha value is -0.670. The predicted octanol–water partition coefficient (Wildman–Crippen LogP) is 2.97. The van der Waals surface area contributed by atoms with Crippen LogP contribution in [0.3, 0.4) is 0 Å². The van der Waals surface area contributed by atoms with Gasteiger partial charge in [-0.05, 0) is 24.3 Å². The molecule has 2 heterocycles. The van der Waals surface area contributed by atoms with Crippen LogP contribution in [0, 0.1) is 0 Å². The molecule has 0 fully saturated rings. The van der Waals surface area contributed by atoms with E-state index in [1.165, 1.54) is 33.9 Å². The number of nitrogens with zero attached hydrogens (tertiary/aromatic N) is 1. The van der Waals surface area contributed by atoms with Gasteiger partial charge < -0.3 is 0 Å². The van der Waals surface area contributed by atoms with Gasteiger partial charge in [-0.3, -0.25) is 0 Å². The van der Waals surface area contributed by atoms with E-state index in [1.54, 1.807) is 11.3 Å². The van der Waals surface area contributed by atoms with Gasteiger partial charge in [0.1, 0.15) is 0 Å². The number of hydrogen-bond donors (Lipinski definition) is 0. The second-order valence-electron chi connectivity index (χ2n) is 2.88. The average Bonchev–Trinajstić information content (AvgIpc) is 2.71. The van der Waals surface area contributed by atoms with Gasteiger partial charge in [0.15, 0.2) is 0 Å². The molecule has 0 spiro atoms. The molecule has 3 rings (SSSR count). The van der Waals surface area contributed by atoms with Crippen LogP contribution in [-0.4, -0.2) is 4.98 Å². The molecule has 0 saturated carbocycles. The standard InChI is InChI=1S/C9H7NS2/c1-2-8-9(10-5-12-8)6-3-4-11-7(1)6/h3-5H,1-2H2. The summed E-state index contributed by atoms with van der Waals surface area (Å²) >= 11 is 3.64. The highest BCUT2D eigenvalue weighted by atomic mass is 32.1. The number of hydrogen-bond acceptors (Lipinski definition) is 3. The summed E-state index contributed by atoms with van der Waals surface area (Å²) in [5.41, 5.74) is 4.57. The molecule has 2 aromatic rings. The SMILES string of the molecule is c1cc2c(s1)CCc1scnc1-2. The van der Waals surface area contributed by atoms with Crippen LogP contribution < -0.4 is 0 Å². The summed E-state index contributed by atoms with van der Waals surface area (Å²) in [5.74, 6) is 0. The summed E-state index contributed by atoms with van der Waals surface area (Å²) in [7, 11) is 0. The molecule has 0 aliphatic heterocycles. The Balaban J connectivity index is 2.32. The van der Waals surface area contributed by atoms with Crippen LogP contribution in [0.2, 0.25) is 0 Å². The van der Waals surface area contributed by atoms with Crippen LogP contribution in [0.25, 0.3) is 11.3 Å². The number of fused-ring (bicyclic) bond motifs is 3. The number of aromatic nitrogens is 1. The molecule has 60 valence electrons. The van der Waals surface area contributed by atoms with E-state index >= 15 is 0 Å². The van der Waals surface area contributed by atoms with Crippen molar-refractivity contribution in [1.29, 1.82) is 0 Å². The lowest BCUT2D eigenvalue weighted by Gasteiger charge is -2.09. The maximum atomic E-state index is 4.40. The molecule has 1 aliphatic carbocycles. The van der Waals surface area contributed by atoms with Crippen LogP contribution in [0.4, 0.5) is 0 Å². The van der Waals surface area contributed by atoms with Crippen molar-refractivity contribution in [1.82, 2.24) is 4.98 Å². The number of aryl methyl sites for hydroxylation is 2. The smallest absolute Gasteiger partial charge is 0.0854 e. The fraction of sp³-hybridized carbons (Fsp3) is 0.222. The molecule has 0 bridgehead atoms. The minimum absolute atomic E-state index is 1.19. The highest BCUT2D eigenvalue weighted by molar-refractivity contribution is 7.11. The largest absolute Gasteiger partial charge is 0.244 e.